The van der Waals surface area contributed by atoms with Crippen LogP contribution in [0.2, 0.25) is 0 Å². The third kappa shape index (κ3) is 12.4. The van der Waals surface area contributed by atoms with Gasteiger partial charge in [0, 0.05) is 22.3 Å². The van der Waals surface area contributed by atoms with Crippen molar-refractivity contribution in [2.45, 2.75) is 54.0 Å². The average molecular weight is 550 g/mol. The molecule has 0 aromatic heterocycles. The molecule has 0 aliphatic heterocycles. The highest BCUT2D eigenvalue weighted by molar-refractivity contribution is 8.14. The topological polar surface area (TPSA) is 142 Å². The summed E-state index contributed by atoms with van der Waals surface area (Å²) < 4.78 is 29.7. The molecule has 3 N–H and O–H groups in total. The lowest BCUT2D eigenvalue weighted by Crippen LogP contribution is -2.32. The monoisotopic (exact) mass is 549 g/mol. The fraction of sp³-hybridized carbons (Fsp3) is 0.609. The summed E-state index contributed by atoms with van der Waals surface area (Å²) in [4.78, 5) is 35.1. The SMILES string of the molecule is CC(C)(C)C(=O)SCCOP(=O)(OCCSC(=O)C(C)(C)C)Oc1ccc(C[C@H](N)C(=O)O)cc1. The van der Waals surface area contributed by atoms with Crippen LogP contribution in [0.15, 0.2) is 24.3 Å². The molecule has 1 aromatic carbocycles. The molecule has 0 aliphatic rings. The summed E-state index contributed by atoms with van der Waals surface area (Å²) in [7, 11) is -4.07. The molecule has 1 aromatic rings. The lowest BCUT2D eigenvalue weighted by molar-refractivity contribution is -0.138. The Labute approximate surface area is 215 Å². The van der Waals surface area contributed by atoms with E-state index in [0.29, 0.717) is 5.56 Å². The van der Waals surface area contributed by atoms with E-state index in [1.807, 2.05) is 41.5 Å². The van der Waals surface area contributed by atoms with E-state index in [-0.39, 0.29) is 47.1 Å². The standard InChI is InChI=1S/C23H36NO8PS2/c1-22(2,3)20(27)34-13-11-30-33(29,31-12-14-35-21(28)23(4,5)6)32-17-9-7-16(8-10-17)15-18(24)19(25)26/h7-10,18H,11-15,24H2,1-6H3,(H,25,26)/t18-/m0/s1. The number of carbonyl (C=O) groups is 3. The van der Waals surface area contributed by atoms with Crippen molar-refractivity contribution in [2.75, 3.05) is 24.7 Å². The van der Waals surface area contributed by atoms with Crippen LogP contribution < -0.4 is 10.3 Å². The van der Waals surface area contributed by atoms with Gasteiger partial charge in [-0.3, -0.25) is 23.4 Å². The Bertz CT molecular complexity index is 872. The normalized spacial score (nSPS) is 13.3. The number of nitrogens with two attached hydrogens (primary N) is 1. The summed E-state index contributed by atoms with van der Waals surface area (Å²) in [5, 5.41) is 8.90. The first-order valence-electron chi connectivity index (χ1n) is 11.0. The number of hydrogen-bond donors (Lipinski definition) is 2. The molecule has 0 unspecified atom stereocenters. The molecule has 198 valence electrons. The molecule has 0 saturated carbocycles. The van der Waals surface area contributed by atoms with Crippen LogP contribution in [0.3, 0.4) is 0 Å². The molecule has 0 aliphatic carbocycles. The van der Waals surface area contributed by atoms with Crippen LogP contribution in [0.1, 0.15) is 47.1 Å². The summed E-state index contributed by atoms with van der Waals surface area (Å²) in [5.74, 6) is -0.397. The Balaban J connectivity index is 2.79. The van der Waals surface area contributed by atoms with Crippen LogP contribution in [-0.4, -0.2) is 52.1 Å². The second-order valence-electron chi connectivity index (χ2n) is 9.77. The van der Waals surface area contributed by atoms with E-state index in [2.05, 4.69) is 0 Å². The van der Waals surface area contributed by atoms with Gasteiger partial charge in [-0.25, -0.2) is 4.57 Å². The number of phosphoric ester groups is 1. The van der Waals surface area contributed by atoms with Gasteiger partial charge in [-0.1, -0.05) is 77.2 Å². The molecule has 12 heteroatoms. The van der Waals surface area contributed by atoms with Gasteiger partial charge in [0.1, 0.15) is 11.8 Å². The van der Waals surface area contributed by atoms with Crippen LogP contribution in [-0.2, 0) is 34.4 Å². The maximum Gasteiger partial charge on any atom is 0.530 e. The number of benzene rings is 1. The minimum atomic E-state index is -4.07. The molecule has 0 fully saturated rings. The van der Waals surface area contributed by atoms with Crippen LogP contribution in [0.25, 0.3) is 0 Å². The molecule has 0 radical (unpaired) electrons. The van der Waals surface area contributed by atoms with E-state index in [1.54, 1.807) is 12.1 Å². The molecule has 0 amide bonds. The molecule has 1 rings (SSSR count). The van der Waals surface area contributed by atoms with Crippen molar-refractivity contribution in [1.29, 1.82) is 0 Å². The maximum atomic E-state index is 13.3. The number of carbonyl (C=O) groups excluding carboxylic acids is 2. The van der Waals surface area contributed by atoms with E-state index in [0.717, 1.165) is 23.5 Å². The zero-order chi connectivity index (χ0) is 26.9. The summed E-state index contributed by atoms with van der Waals surface area (Å²) in [6, 6.07) is 5.20. The first-order chi connectivity index (χ1) is 16.0. The van der Waals surface area contributed by atoms with E-state index >= 15 is 0 Å². The number of thioether (sulfide) groups is 2. The smallest absolute Gasteiger partial charge is 0.480 e. The van der Waals surface area contributed by atoms with Gasteiger partial charge in [-0.2, -0.15) is 0 Å². The number of aliphatic carboxylic acids is 1. The molecule has 0 bridgehead atoms. The first kappa shape index (κ1) is 31.7. The highest BCUT2D eigenvalue weighted by Crippen LogP contribution is 2.49. The fourth-order valence-electron chi connectivity index (χ4n) is 2.25. The minimum Gasteiger partial charge on any atom is -0.480 e. The van der Waals surface area contributed by atoms with Crippen molar-refractivity contribution in [3.63, 3.8) is 0 Å². The van der Waals surface area contributed by atoms with Crippen molar-refractivity contribution < 1.29 is 37.6 Å². The minimum absolute atomic E-state index is 0.0231. The molecule has 35 heavy (non-hydrogen) atoms. The molecule has 0 saturated heterocycles. The highest BCUT2D eigenvalue weighted by Gasteiger charge is 2.30. The Hall–Kier alpha value is -1.36. The summed E-state index contributed by atoms with van der Waals surface area (Å²) in [6.07, 6.45) is 0.123. The molecule has 9 nitrogen and oxygen atoms in total. The van der Waals surface area contributed by atoms with Gasteiger partial charge < -0.3 is 15.4 Å². The van der Waals surface area contributed by atoms with Crippen LogP contribution in [0.4, 0.5) is 0 Å². The van der Waals surface area contributed by atoms with Crippen molar-refractivity contribution >= 4 is 47.5 Å². The summed E-state index contributed by atoms with van der Waals surface area (Å²) >= 11 is 2.14. The second kappa shape index (κ2) is 13.8. The van der Waals surface area contributed by atoms with Crippen molar-refractivity contribution in [3.05, 3.63) is 29.8 Å². The van der Waals surface area contributed by atoms with Gasteiger partial charge in [0.15, 0.2) is 10.2 Å². The number of carboxylic acid groups (broad SMARTS) is 1. The van der Waals surface area contributed by atoms with Crippen molar-refractivity contribution in [1.82, 2.24) is 0 Å². The van der Waals surface area contributed by atoms with E-state index in [4.69, 9.17) is 24.4 Å². The zero-order valence-corrected chi connectivity index (χ0v) is 23.6. The molecule has 0 spiro atoms. The van der Waals surface area contributed by atoms with Gasteiger partial charge in [-0.15, -0.1) is 0 Å². The van der Waals surface area contributed by atoms with Gasteiger partial charge in [-0.05, 0) is 24.1 Å². The Morgan fingerprint density at radius 2 is 1.34 bits per heavy atom. The largest absolute Gasteiger partial charge is 0.530 e. The van der Waals surface area contributed by atoms with Crippen LogP contribution in [0, 0.1) is 10.8 Å². The lowest BCUT2D eigenvalue weighted by Gasteiger charge is -2.20. The van der Waals surface area contributed by atoms with Crippen LogP contribution in [0.5, 0.6) is 5.75 Å². The first-order valence-corrected chi connectivity index (χ1v) is 14.5. The van der Waals surface area contributed by atoms with Crippen molar-refractivity contribution in [2.24, 2.45) is 16.6 Å². The van der Waals surface area contributed by atoms with Gasteiger partial charge >= 0.3 is 13.8 Å². The van der Waals surface area contributed by atoms with E-state index in [9.17, 15) is 18.9 Å². The number of phosphoric acid groups is 1. The quantitative estimate of drug-likeness (QED) is 0.259. The Morgan fingerprint density at radius 1 is 0.914 bits per heavy atom. The number of carboxylic acids is 1. The molecular formula is C23H36NO8PS2. The third-order valence-electron chi connectivity index (χ3n) is 4.27. The average Bonchev–Trinajstić information content (AvgIpc) is 2.74. The lowest BCUT2D eigenvalue weighted by atomic mass is 9.99. The molecule has 1 atom stereocenters. The molecule has 0 heterocycles. The predicted octanol–water partition coefficient (Wildman–Crippen LogP) is 4.77. The van der Waals surface area contributed by atoms with Gasteiger partial charge in [0.25, 0.3) is 0 Å². The zero-order valence-electron chi connectivity index (χ0n) is 21.1. The van der Waals surface area contributed by atoms with Crippen molar-refractivity contribution in [3.8, 4) is 5.75 Å². The Kier molecular flexibility index (Phi) is 12.5. The maximum absolute atomic E-state index is 13.3. The second-order valence-corrected chi connectivity index (χ2v) is 13.5. The highest BCUT2D eigenvalue weighted by atomic mass is 32.2. The fourth-order valence-corrected chi connectivity index (χ4v) is 5.25. The van der Waals surface area contributed by atoms with E-state index in [1.165, 1.54) is 12.1 Å². The number of rotatable bonds is 13. The predicted molar refractivity (Wildman–Crippen MR) is 140 cm³/mol. The Morgan fingerprint density at radius 3 is 1.71 bits per heavy atom. The third-order valence-corrected chi connectivity index (χ3v) is 8.19. The van der Waals surface area contributed by atoms with Crippen LogP contribution >= 0.6 is 31.3 Å². The van der Waals surface area contributed by atoms with Gasteiger partial charge in [0.2, 0.25) is 0 Å². The van der Waals surface area contributed by atoms with Gasteiger partial charge in [0.05, 0.1) is 13.2 Å². The number of hydrogen-bond acceptors (Lipinski definition) is 10. The summed E-state index contributed by atoms with van der Waals surface area (Å²) in [5.41, 5.74) is 5.20. The molecular weight excluding hydrogens is 513 g/mol. The summed E-state index contributed by atoms with van der Waals surface area (Å²) in [6.45, 7) is 10.8. The van der Waals surface area contributed by atoms with E-state index < -0.39 is 30.7 Å².